The number of nitrogens with one attached hydrogen (secondary N) is 1. The van der Waals surface area contributed by atoms with Crippen molar-refractivity contribution in [1.82, 2.24) is 24.3 Å². The van der Waals surface area contributed by atoms with Crippen LogP contribution >= 0.6 is 11.8 Å². The van der Waals surface area contributed by atoms with Crippen LogP contribution in [0.2, 0.25) is 0 Å². The number of anilines is 1. The summed E-state index contributed by atoms with van der Waals surface area (Å²) in [6, 6.07) is 3.51. The number of hydrogen-bond donors (Lipinski definition) is 2. The van der Waals surface area contributed by atoms with Gasteiger partial charge >= 0.3 is 5.69 Å². The number of aromatic nitrogens is 5. The van der Waals surface area contributed by atoms with E-state index in [9.17, 15) is 14.4 Å². The molecule has 3 aromatic heterocycles. The molecule has 3 N–H and O–H groups in total. The number of nitrogen functional groups attached to an aromatic ring is 1. The molecule has 0 radical (unpaired) electrons. The van der Waals surface area contributed by atoms with Gasteiger partial charge in [-0.15, -0.1) is 10.2 Å². The third-order valence-electron chi connectivity index (χ3n) is 4.14. The van der Waals surface area contributed by atoms with Gasteiger partial charge in [-0.1, -0.05) is 11.8 Å². The van der Waals surface area contributed by atoms with E-state index in [1.165, 1.54) is 13.4 Å². The molecule has 0 bridgehead atoms. The zero-order valence-electron chi connectivity index (χ0n) is 15.9. The molecule has 0 atom stereocenters. The number of nitrogens with two attached hydrogens (primary N) is 1. The molecular weight excluding hydrogens is 400 g/mol. The van der Waals surface area contributed by atoms with Gasteiger partial charge in [0.05, 0.1) is 25.2 Å². The Kier molecular flexibility index (Phi) is 6.34. The van der Waals surface area contributed by atoms with Crippen molar-refractivity contribution in [1.29, 1.82) is 0 Å². The van der Waals surface area contributed by atoms with Gasteiger partial charge in [0, 0.05) is 13.7 Å². The number of H-pyrrole nitrogens is 1. The Labute approximate surface area is 168 Å². The van der Waals surface area contributed by atoms with E-state index in [2.05, 4.69) is 15.2 Å². The van der Waals surface area contributed by atoms with Crippen molar-refractivity contribution in [2.24, 2.45) is 0 Å². The second-order valence-corrected chi connectivity index (χ2v) is 6.85. The molecule has 0 aromatic carbocycles. The van der Waals surface area contributed by atoms with E-state index < -0.39 is 17.0 Å². The molecule has 154 valence electrons. The second-order valence-electron chi connectivity index (χ2n) is 5.90. The fourth-order valence-corrected chi connectivity index (χ4v) is 3.61. The average molecular weight is 420 g/mol. The topological polar surface area (TPSA) is 151 Å². The van der Waals surface area contributed by atoms with Gasteiger partial charge in [-0.2, -0.15) is 0 Å². The highest BCUT2D eigenvalue weighted by atomic mass is 32.2. The van der Waals surface area contributed by atoms with Crippen molar-refractivity contribution in [3.8, 4) is 11.6 Å². The molecule has 29 heavy (non-hydrogen) atoms. The van der Waals surface area contributed by atoms with Gasteiger partial charge < -0.3 is 14.9 Å². The van der Waals surface area contributed by atoms with Crippen LogP contribution in [-0.2, 0) is 17.8 Å². The van der Waals surface area contributed by atoms with Crippen molar-refractivity contribution in [2.75, 3.05) is 25.2 Å². The minimum Gasteiger partial charge on any atom is -0.461 e. The molecule has 11 nitrogen and oxygen atoms in total. The number of hydrogen-bond acceptors (Lipinski definition) is 9. The lowest BCUT2D eigenvalue weighted by Crippen LogP contribution is -2.37. The third kappa shape index (κ3) is 4.17. The number of carbonyl (C=O) groups is 1. The number of furan rings is 1. The van der Waals surface area contributed by atoms with E-state index >= 15 is 0 Å². The molecule has 0 amide bonds. The van der Waals surface area contributed by atoms with Gasteiger partial charge in [-0.25, -0.2) is 4.79 Å². The van der Waals surface area contributed by atoms with Crippen LogP contribution in [0.15, 0.2) is 37.6 Å². The van der Waals surface area contributed by atoms with Gasteiger partial charge in [-0.3, -0.25) is 23.7 Å². The summed E-state index contributed by atoms with van der Waals surface area (Å²) in [6.07, 6.45) is 1.54. The second kappa shape index (κ2) is 8.92. The highest BCUT2D eigenvalue weighted by Crippen LogP contribution is 2.24. The molecule has 0 aliphatic carbocycles. The highest BCUT2D eigenvalue weighted by Gasteiger charge is 2.21. The zero-order chi connectivity index (χ0) is 21.0. The highest BCUT2D eigenvalue weighted by molar-refractivity contribution is 7.99. The van der Waals surface area contributed by atoms with Gasteiger partial charge in [-0.05, 0) is 19.1 Å². The Bertz CT molecular complexity index is 1110. The molecular formula is C17H20N6O5S. The van der Waals surface area contributed by atoms with E-state index in [1.54, 1.807) is 16.7 Å². The van der Waals surface area contributed by atoms with Crippen LogP contribution in [-0.4, -0.2) is 49.6 Å². The predicted octanol–water partition coefficient (Wildman–Crippen LogP) is 0.612. The predicted molar refractivity (Wildman–Crippen MR) is 106 cm³/mol. The summed E-state index contributed by atoms with van der Waals surface area (Å²) in [5.74, 6) is 0.285. The molecule has 0 unspecified atom stereocenters. The summed E-state index contributed by atoms with van der Waals surface area (Å²) in [5, 5.41) is 8.71. The summed E-state index contributed by atoms with van der Waals surface area (Å²) < 4.78 is 13.2. The van der Waals surface area contributed by atoms with Crippen molar-refractivity contribution in [3.63, 3.8) is 0 Å². The largest absolute Gasteiger partial charge is 0.461 e. The average Bonchev–Trinajstić information content (AvgIpc) is 3.35. The Morgan fingerprint density at radius 3 is 2.79 bits per heavy atom. The molecule has 0 spiro atoms. The van der Waals surface area contributed by atoms with Gasteiger partial charge in [0.15, 0.2) is 22.5 Å². The lowest BCUT2D eigenvalue weighted by molar-refractivity contribution is 0.102. The molecule has 0 saturated heterocycles. The van der Waals surface area contributed by atoms with Gasteiger partial charge in [0.2, 0.25) is 0 Å². The number of carbonyl (C=O) groups excluding carboxylic acids is 1. The van der Waals surface area contributed by atoms with Gasteiger partial charge in [0.1, 0.15) is 11.4 Å². The zero-order valence-corrected chi connectivity index (χ0v) is 16.7. The number of ether oxygens (including phenoxy) is 1. The normalized spacial score (nSPS) is 11.1. The summed E-state index contributed by atoms with van der Waals surface area (Å²) in [5.41, 5.74) is 4.16. The number of thioether (sulfide) groups is 1. The summed E-state index contributed by atoms with van der Waals surface area (Å²) in [7, 11) is 1.47. The number of ketones is 1. The quantitative estimate of drug-likeness (QED) is 0.375. The number of methoxy groups -OCH3 is 1. The maximum absolute atomic E-state index is 12.7. The molecule has 0 aliphatic heterocycles. The molecule has 3 heterocycles. The Hall–Kier alpha value is -3.12. The van der Waals surface area contributed by atoms with Crippen molar-refractivity contribution in [2.45, 2.75) is 25.2 Å². The van der Waals surface area contributed by atoms with E-state index in [4.69, 9.17) is 14.9 Å². The van der Waals surface area contributed by atoms with Crippen LogP contribution in [0.1, 0.15) is 17.3 Å². The molecule has 0 fully saturated rings. The van der Waals surface area contributed by atoms with E-state index in [-0.39, 0.29) is 30.3 Å². The Morgan fingerprint density at radius 2 is 2.14 bits per heavy atom. The van der Waals surface area contributed by atoms with Crippen LogP contribution in [0.5, 0.6) is 0 Å². The fourth-order valence-electron chi connectivity index (χ4n) is 2.73. The molecule has 3 rings (SSSR count). The van der Waals surface area contributed by atoms with Gasteiger partial charge in [0.25, 0.3) is 5.56 Å². The Morgan fingerprint density at radius 1 is 1.34 bits per heavy atom. The number of Topliss-reactive ketones (excluding diaryl/α,β-unsaturated/α-hetero) is 1. The first-order valence-electron chi connectivity index (χ1n) is 8.72. The van der Waals surface area contributed by atoms with Crippen molar-refractivity contribution < 1.29 is 13.9 Å². The van der Waals surface area contributed by atoms with Crippen LogP contribution in [0, 0.1) is 0 Å². The maximum Gasteiger partial charge on any atom is 0.330 e. The van der Waals surface area contributed by atoms with Crippen LogP contribution in [0.25, 0.3) is 11.6 Å². The molecule has 0 saturated carbocycles. The smallest absolute Gasteiger partial charge is 0.330 e. The minimum atomic E-state index is -0.819. The molecule has 3 aromatic rings. The standard InChI is InChI=1S/C17H20N6O5S/c1-3-22-14(11-5-4-7-28-11)20-21-17(22)29-9-10(24)12-13(18)23(6-8-27-2)16(26)19-15(12)25/h4-5,7H,3,6,8-9,18H2,1-2H3,(H,19,25,26). The van der Waals surface area contributed by atoms with E-state index in [0.29, 0.717) is 23.3 Å². The summed E-state index contributed by atoms with van der Waals surface area (Å²) in [4.78, 5) is 38.9. The first-order chi connectivity index (χ1) is 14.0. The van der Waals surface area contributed by atoms with Crippen molar-refractivity contribution in [3.05, 3.63) is 44.8 Å². The van der Waals surface area contributed by atoms with Crippen molar-refractivity contribution >= 4 is 23.4 Å². The number of rotatable bonds is 9. The maximum atomic E-state index is 12.7. The first kappa shape index (κ1) is 20.6. The minimum absolute atomic E-state index is 0.105. The molecule has 0 aliphatic rings. The van der Waals surface area contributed by atoms with Crippen LogP contribution in [0.4, 0.5) is 5.82 Å². The summed E-state index contributed by atoms with van der Waals surface area (Å²) >= 11 is 1.12. The summed E-state index contributed by atoms with van der Waals surface area (Å²) in [6.45, 7) is 2.79. The monoisotopic (exact) mass is 420 g/mol. The Balaban J connectivity index is 1.83. The third-order valence-corrected chi connectivity index (χ3v) is 5.11. The SMILES string of the molecule is CCn1c(SCC(=O)c2c(N)n(CCOC)c(=O)[nH]c2=O)nnc1-c1ccco1. The molecule has 12 heteroatoms. The van der Waals surface area contributed by atoms with Crippen LogP contribution < -0.4 is 17.0 Å². The lowest BCUT2D eigenvalue weighted by atomic mass is 10.2. The van der Waals surface area contributed by atoms with E-state index in [1.807, 2.05) is 6.92 Å². The lowest BCUT2D eigenvalue weighted by Gasteiger charge is -2.11. The first-order valence-corrected chi connectivity index (χ1v) is 9.71. The van der Waals surface area contributed by atoms with E-state index in [0.717, 1.165) is 16.3 Å². The number of nitrogens with zero attached hydrogens (tertiary/aromatic N) is 4. The fraction of sp³-hybridized carbons (Fsp3) is 0.353. The van der Waals surface area contributed by atoms with Crippen LogP contribution in [0.3, 0.4) is 0 Å². The number of aromatic amines is 1.